The number of thioether (sulfide) groups is 1. The number of unbranched alkanes of at least 4 members (excludes halogenated alkanes) is 3. The fourth-order valence-corrected chi connectivity index (χ4v) is 3.43. The first-order valence-corrected chi connectivity index (χ1v) is 10.0. The van der Waals surface area contributed by atoms with Gasteiger partial charge in [-0.2, -0.15) is 0 Å². The monoisotopic (exact) mass is 391 g/mol. The molecule has 0 unspecified atom stereocenters. The van der Waals surface area contributed by atoms with Gasteiger partial charge in [0.25, 0.3) is 5.56 Å². The number of esters is 1. The van der Waals surface area contributed by atoms with Crippen LogP contribution in [-0.4, -0.2) is 40.8 Å². The Balaban J connectivity index is 2.16. The van der Waals surface area contributed by atoms with Crippen LogP contribution in [0, 0.1) is 0 Å². The van der Waals surface area contributed by atoms with Gasteiger partial charge in [-0.05, 0) is 18.6 Å². The molecule has 2 rings (SSSR count). The number of amides is 1. The zero-order valence-corrected chi connectivity index (χ0v) is 16.5. The highest BCUT2D eigenvalue weighted by Gasteiger charge is 2.13. The highest BCUT2D eigenvalue weighted by molar-refractivity contribution is 7.99. The largest absolute Gasteiger partial charge is 0.468 e. The number of hydrogen-bond acceptors (Lipinski definition) is 6. The number of nitrogens with one attached hydrogen (secondary N) is 1. The molecule has 27 heavy (non-hydrogen) atoms. The van der Waals surface area contributed by atoms with E-state index in [-0.39, 0.29) is 23.8 Å². The number of hydrogen-bond donors (Lipinski definition) is 1. The summed E-state index contributed by atoms with van der Waals surface area (Å²) in [6.45, 7) is 2.53. The minimum atomic E-state index is -0.509. The number of nitrogens with zero attached hydrogens (tertiary/aromatic N) is 2. The number of benzene rings is 1. The molecule has 2 aromatic rings. The van der Waals surface area contributed by atoms with E-state index in [1.165, 1.54) is 18.9 Å². The van der Waals surface area contributed by atoms with E-state index in [1.807, 2.05) is 12.1 Å². The lowest BCUT2D eigenvalue weighted by Crippen LogP contribution is -2.31. The normalized spacial score (nSPS) is 10.7. The van der Waals surface area contributed by atoms with E-state index < -0.39 is 5.97 Å². The lowest BCUT2D eigenvalue weighted by atomic mass is 10.2. The smallest absolute Gasteiger partial charge is 0.325 e. The van der Waals surface area contributed by atoms with Crippen LogP contribution in [0.3, 0.4) is 0 Å². The molecule has 0 radical (unpaired) electrons. The summed E-state index contributed by atoms with van der Waals surface area (Å²) in [6.07, 6.45) is 4.16. The van der Waals surface area contributed by atoms with Crippen molar-refractivity contribution < 1.29 is 14.3 Å². The molecule has 1 aromatic carbocycles. The van der Waals surface area contributed by atoms with Crippen molar-refractivity contribution in [2.75, 3.05) is 19.4 Å². The number of carbonyl (C=O) groups is 2. The van der Waals surface area contributed by atoms with Gasteiger partial charge >= 0.3 is 5.97 Å². The van der Waals surface area contributed by atoms with Crippen LogP contribution < -0.4 is 10.9 Å². The molecule has 0 saturated heterocycles. The first-order valence-electron chi connectivity index (χ1n) is 9.02. The molecular formula is C19H25N3O4S. The quantitative estimate of drug-likeness (QED) is 0.289. The first kappa shape index (κ1) is 21.0. The van der Waals surface area contributed by atoms with Gasteiger partial charge in [0.2, 0.25) is 5.91 Å². The fourth-order valence-electron chi connectivity index (χ4n) is 2.58. The Kier molecular flexibility index (Phi) is 8.32. The van der Waals surface area contributed by atoms with E-state index in [4.69, 9.17) is 0 Å². The summed E-state index contributed by atoms with van der Waals surface area (Å²) >= 11 is 1.19. The Bertz CT molecular complexity index is 850. The lowest BCUT2D eigenvalue weighted by Gasteiger charge is -2.13. The van der Waals surface area contributed by atoms with Crippen LogP contribution in [0.15, 0.2) is 34.2 Å². The average Bonchev–Trinajstić information content (AvgIpc) is 2.69. The third kappa shape index (κ3) is 6.09. The number of ether oxygens (including phenoxy) is 1. The van der Waals surface area contributed by atoms with E-state index in [2.05, 4.69) is 22.0 Å². The Morgan fingerprint density at radius 2 is 2.00 bits per heavy atom. The highest BCUT2D eigenvalue weighted by Crippen LogP contribution is 2.18. The number of aromatic nitrogens is 2. The minimum absolute atomic E-state index is 0.0662. The maximum absolute atomic E-state index is 12.9. The number of rotatable bonds is 10. The molecule has 1 heterocycles. The molecule has 0 saturated carbocycles. The van der Waals surface area contributed by atoms with Crippen molar-refractivity contribution in [2.24, 2.45) is 0 Å². The standard InChI is InChI=1S/C19H25N3O4S/c1-3-4-5-8-11-22-18(25)14-9-6-7-10-15(14)21-19(22)27-13-16(23)20-12-17(24)26-2/h6-7,9-10H,3-5,8,11-13H2,1-2H3,(H,20,23). The van der Waals surface area contributed by atoms with Gasteiger partial charge in [-0.25, -0.2) is 4.98 Å². The number of para-hydroxylation sites is 1. The predicted octanol–water partition coefficient (Wildman–Crippen LogP) is 2.36. The summed E-state index contributed by atoms with van der Waals surface area (Å²) in [4.78, 5) is 40.5. The van der Waals surface area contributed by atoms with Crippen LogP contribution in [0.5, 0.6) is 0 Å². The minimum Gasteiger partial charge on any atom is -0.468 e. The molecule has 146 valence electrons. The van der Waals surface area contributed by atoms with Crippen molar-refractivity contribution in [3.8, 4) is 0 Å². The van der Waals surface area contributed by atoms with Gasteiger partial charge in [0, 0.05) is 6.54 Å². The maximum Gasteiger partial charge on any atom is 0.325 e. The number of methoxy groups -OCH3 is 1. The van der Waals surface area contributed by atoms with Crippen LogP contribution in [0.4, 0.5) is 0 Å². The molecule has 1 aromatic heterocycles. The highest BCUT2D eigenvalue weighted by atomic mass is 32.2. The Morgan fingerprint density at radius 3 is 2.74 bits per heavy atom. The molecule has 8 heteroatoms. The van der Waals surface area contributed by atoms with Crippen molar-refractivity contribution in [1.82, 2.24) is 14.9 Å². The molecule has 0 fully saturated rings. The molecule has 0 aliphatic rings. The summed E-state index contributed by atoms with van der Waals surface area (Å²) in [5, 5.41) is 3.58. The molecule has 1 amide bonds. The second kappa shape index (κ2) is 10.7. The number of carbonyl (C=O) groups excluding carboxylic acids is 2. The topological polar surface area (TPSA) is 90.3 Å². The van der Waals surface area contributed by atoms with E-state index in [9.17, 15) is 14.4 Å². The summed E-state index contributed by atoms with van der Waals surface area (Å²) in [7, 11) is 1.26. The molecule has 0 aliphatic heterocycles. The Hall–Kier alpha value is -2.35. The Labute approximate surface area is 162 Å². The third-order valence-electron chi connectivity index (χ3n) is 4.05. The number of fused-ring (bicyclic) bond motifs is 1. The molecule has 1 N–H and O–H groups in total. The molecule has 0 aliphatic carbocycles. The van der Waals surface area contributed by atoms with Crippen molar-refractivity contribution in [2.45, 2.75) is 44.3 Å². The van der Waals surface area contributed by atoms with Crippen LogP contribution in [0.25, 0.3) is 10.9 Å². The fraction of sp³-hybridized carbons (Fsp3) is 0.474. The van der Waals surface area contributed by atoms with Crippen molar-refractivity contribution >= 4 is 34.5 Å². The van der Waals surface area contributed by atoms with Gasteiger partial charge in [-0.3, -0.25) is 19.0 Å². The summed E-state index contributed by atoms with van der Waals surface area (Å²) in [5.41, 5.74) is 0.527. The van der Waals surface area contributed by atoms with E-state index in [0.29, 0.717) is 22.6 Å². The molecule has 0 spiro atoms. The van der Waals surface area contributed by atoms with Gasteiger partial charge in [0.05, 0.1) is 23.8 Å². The van der Waals surface area contributed by atoms with Gasteiger partial charge < -0.3 is 10.1 Å². The van der Waals surface area contributed by atoms with Crippen LogP contribution >= 0.6 is 11.8 Å². The SMILES string of the molecule is CCCCCCn1c(SCC(=O)NCC(=O)OC)nc2ccccc2c1=O. The first-order chi connectivity index (χ1) is 13.1. The maximum atomic E-state index is 12.9. The van der Waals surface area contributed by atoms with Crippen molar-refractivity contribution in [1.29, 1.82) is 0 Å². The molecule has 0 bridgehead atoms. The molecular weight excluding hydrogens is 366 g/mol. The molecule has 7 nitrogen and oxygen atoms in total. The lowest BCUT2D eigenvalue weighted by molar-refractivity contribution is -0.140. The zero-order valence-electron chi connectivity index (χ0n) is 15.7. The van der Waals surface area contributed by atoms with Gasteiger partial charge in [-0.1, -0.05) is 50.1 Å². The molecule has 0 atom stereocenters. The van der Waals surface area contributed by atoms with E-state index in [1.54, 1.807) is 16.7 Å². The average molecular weight is 391 g/mol. The summed E-state index contributed by atoms with van der Waals surface area (Å²) in [6, 6.07) is 7.21. The van der Waals surface area contributed by atoms with Crippen LogP contribution in [0.1, 0.15) is 32.6 Å². The Morgan fingerprint density at radius 1 is 1.22 bits per heavy atom. The van der Waals surface area contributed by atoms with Crippen molar-refractivity contribution in [3.63, 3.8) is 0 Å². The summed E-state index contributed by atoms with van der Waals surface area (Å²) in [5.74, 6) is -0.758. The van der Waals surface area contributed by atoms with E-state index >= 15 is 0 Å². The van der Waals surface area contributed by atoms with E-state index in [0.717, 1.165) is 25.7 Å². The predicted molar refractivity (Wildman–Crippen MR) is 106 cm³/mol. The van der Waals surface area contributed by atoms with Crippen molar-refractivity contribution in [3.05, 3.63) is 34.6 Å². The van der Waals surface area contributed by atoms with Gasteiger partial charge in [0.1, 0.15) is 6.54 Å². The zero-order chi connectivity index (χ0) is 19.6. The van der Waals surface area contributed by atoms with Crippen LogP contribution in [0.2, 0.25) is 0 Å². The third-order valence-corrected chi connectivity index (χ3v) is 5.03. The second-order valence-corrected chi connectivity index (χ2v) is 7.01. The summed E-state index contributed by atoms with van der Waals surface area (Å²) < 4.78 is 6.14. The van der Waals surface area contributed by atoms with Gasteiger partial charge in [-0.15, -0.1) is 0 Å². The van der Waals surface area contributed by atoms with Crippen LogP contribution in [-0.2, 0) is 20.9 Å². The second-order valence-electron chi connectivity index (χ2n) is 6.07. The van der Waals surface area contributed by atoms with Gasteiger partial charge in [0.15, 0.2) is 5.16 Å².